The van der Waals surface area contributed by atoms with Gasteiger partial charge < -0.3 is 61.4 Å². The number of nitrogens with one attached hydrogen (secondary N) is 5. The third-order valence-corrected chi connectivity index (χ3v) is 12.4. The molecule has 392 valence electrons. The zero-order valence-corrected chi connectivity index (χ0v) is 44.0. The number of aryl methyl sites for hydroxylation is 2. The van der Waals surface area contributed by atoms with E-state index >= 15 is 0 Å². The van der Waals surface area contributed by atoms with Gasteiger partial charge in [0.05, 0.1) is 25.6 Å². The Bertz CT molecular complexity index is 2990. The lowest BCUT2D eigenvalue weighted by molar-refractivity contribution is -0.129. The number of amides is 4. The minimum Gasteiger partial charge on any atom is -0.495 e. The summed E-state index contributed by atoms with van der Waals surface area (Å²) in [5, 5.41) is 15.9. The number of hydrogen-bond acceptors (Lipinski definition) is 14. The summed E-state index contributed by atoms with van der Waals surface area (Å²) in [6.07, 6.45) is 5.96. The fraction of sp³-hybridized carbons (Fsp3) is 0.250. The quantitative estimate of drug-likeness (QED) is 0.0341. The fourth-order valence-corrected chi connectivity index (χ4v) is 8.14. The predicted molar refractivity (Wildman–Crippen MR) is 303 cm³/mol. The SMILES string of the molecule is C=CC(=O)Nc1cccc(Nc2cc(Cl)ncc2C)c1.C=CC(=O)Nc1cccc(Nc2cc(Nc3ccc(N4CCN(C(C)=O)CC4)cc3OC)ncc2C)c1.COc1cc(N2CCN(C(C)=O)CC2)ccc1N. The summed E-state index contributed by atoms with van der Waals surface area (Å²) in [4.78, 5) is 62.6. The number of nitrogens with two attached hydrogens (primary N) is 1. The molecule has 8 rings (SSSR count). The highest BCUT2D eigenvalue weighted by atomic mass is 35.5. The Kier molecular flexibility index (Phi) is 19.8. The second-order valence-corrected chi connectivity index (χ2v) is 17.8. The Balaban J connectivity index is 0.000000202. The third-order valence-electron chi connectivity index (χ3n) is 12.2. The summed E-state index contributed by atoms with van der Waals surface area (Å²) < 4.78 is 10.9. The number of carbonyl (C=O) groups excluding carboxylic acids is 4. The number of carbonyl (C=O) groups is 4. The van der Waals surface area contributed by atoms with E-state index in [1.807, 2.05) is 109 Å². The Morgan fingerprint density at radius 3 is 1.51 bits per heavy atom. The monoisotopic (exact) mass is 1040 g/mol. The van der Waals surface area contributed by atoms with Gasteiger partial charge in [0.15, 0.2) is 0 Å². The van der Waals surface area contributed by atoms with Crippen LogP contribution in [0.25, 0.3) is 0 Å². The molecule has 4 heterocycles. The molecule has 2 aliphatic rings. The van der Waals surface area contributed by atoms with Crippen LogP contribution >= 0.6 is 11.6 Å². The van der Waals surface area contributed by atoms with E-state index in [4.69, 9.17) is 26.8 Å². The van der Waals surface area contributed by atoms with E-state index in [1.54, 1.807) is 52.6 Å². The van der Waals surface area contributed by atoms with E-state index in [-0.39, 0.29) is 23.6 Å². The van der Waals surface area contributed by atoms with Gasteiger partial charge in [0.2, 0.25) is 23.6 Å². The smallest absolute Gasteiger partial charge is 0.247 e. The molecule has 7 N–H and O–H groups in total. The summed E-state index contributed by atoms with van der Waals surface area (Å²) in [7, 11) is 3.26. The van der Waals surface area contributed by atoms with Crippen molar-refractivity contribution in [3.63, 3.8) is 0 Å². The normalized spacial score (nSPS) is 12.8. The van der Waals surface area contributed by atoms with Crippen LogP contribution in [0, 0.1) is 13.8 Å². The molecule has 0 saturated carbocycles. The number of nitrogen functional groups attached to an aromatic ring is 1. The van der Waals surface area contributed by atoms with Gasteiger partial charge in [-0.05, 0) is 104 Å². The zero-order chi connectivity index (χ0) is 54.0. The van der Waals surface area contributed by atoms with Crippen molar-refractivity contribution in [2.45, 2.75) is 27.7 Å². The number of anilines is 11. The average Bonchev–Trinajstić information content (AvgIpc) is 3.41. The van der Waals surface area contributed by atoms with Crippen LogP contribution < -0.4 is 51.6 Å². The van der Waals surface area contributed by atoms with Gasteiger partial charge in [-0.2, -0.15) is 0 Å². The zero-order valence-electron chi connectivity index (χ0n) is 43.2. The minimum absolute atomic E-state index is 0.114. The standard InChI is InChI=1S/C28H32N6O3.C15H14ClN3O.C13H19N3O2/c1-5-28(36)31-22-8-6-7-21(15-22)30-25-17-27(29-18-19(25)2)32-24-10-9-23(16-26(24)37-4)34-13-11-33(12-14-34)20(3)35;1-3-15(20)19-12-6-4-5-11(7-12)18-13-8-14(16)17-9-10(13)2;1-10(17)15-5-7-16(8-6-15)11-3-4-12(14)13(9-11)18-2/h5-10,15-18H,1,11-14H2,2-4H3,(H,31,36)(H2,29,30,32);3-9H,1H2,2H3,(H,17,18)(H,19,20);3-4,9H,5-8,14H2,1-2H3. The first-order valence-corrected chi connectivity index (χ1v) is 24.5. The third kappa shape index (κ3) is 16.1. The number of methoxy groups -OCH3 is 2. The summed E-state index contributed by atoms with van der Waals surface area (Å²) in [6, 6.07) is 30.3. The molecule has 2 aromatic heterocycles. The number of rotatable bonds is 14. The number of halogens is 1. The van der Waals surface area contributed by atoms with Gasteiger partial charge in [-0.1, -0.05) is 36.9 Å². The van der Waals surface area contributed by atoms with Crippen molar-refractivity contribution in [1.82, 2.24) is 19.8 Å². The summed E-state index contributed by atoms with van der Waals surface area (Å²) >= 11 is 5.88. The molecule has 0 atom stereocenters. The molecule has 4 aromatic carbocycles. The van der Waals surface area contributed by atoms with E-state index < -0.39 is 0 Å². The fourth-order valence-electron chi connectivity index (χ4n) is 7.98. The molecule has 0 aliphatic carbocycles. The highest BCUT2D eigenvalue weighted by molar-refractivity contribution is 6.29. The molecule has 0 spiro atoms. The molecule has 4 amide bonds. The van der Waals surface area contributed by atoms with Crippen LogP contribution in [0.1, 0.15) is 25.0 Å². The average molecular weight is 1040 g/mol. The number of hydrogen-bond donors (Lipinski definition) is 6. The van der Waals surface area contributed by atoms with Crippen LogP contribution in [0.3, 0.4) is 0 Å². The summed E-state index contributed by atoms with van der Waals surface area (Å²) in [5.41, 5.74) is 16.1. The minimum atomic E-state index is -0.262. The highest BCUT2D eigenvalue weighted by Crippen LogP contribution is 2.34. The first-order chi connectivity index (χ1) is 36.0. The van der Waals surface area contributed by atoms with Gasteiger partial charge in [-0.3, -0.25) is 19.2 Å². The van der Waals surface area contributed by atoms with Crippen LogP contribution in [-0.4, -0.2) is 110 Å². The Morgan fingerprint density at radius 1 is 0.573 bits per heavy atom. The molecule has 6 aromatic rings. The summed E-state index contributed by atoms with van der Waals surface area (Å²) in [6.45, 7) is 20.2. The molecule has 75 heavy (non-hydrogen) atoms. The van der Waals surface area contributed by atoms with Crippen molar-refractivity contribution in [3.8, 4) is 11.5 Å². The van der Waals surface area contributed by atoms with Crippen LogP contribution in [0.2, 0.25) is 5.15 Å². The second kappa shape index (κ2) is 26.8. The maximum Gasteiger partial charge on any atom is 0.247 e. The second-order valence-electron chi connectivity index (χ2n) is 17.4. The lowest BCUT2D eigenvalue weighted by Crippen LogP contribution is -2.48. The number of aromatic nitrogens is 2. The van der Waals surface area contributed by atoms with Crippen molar-refractivity contribution in [2.24, 2.45) is 0 Å². The van der Waals surface area contributed by atoms with Crippen molar-refractivity contribution in [1.29, 1.82) is 0 Å². The molecule has 18 nitrogen and oxygen atoms in total. The molecule has 0 unspecified atom stereocenters. The molecule has 2 aliphatic heterocycles. The van der Waals surface area contributed by atoms with E-state index in [2.05, 4.69) is 59.5 Å². The molecule has 2 saturated heterocycles. The Hall–Kier alpha value is -8.77. The van der Waals surface area contributed by atoms with E-state index in [9.17, 15) is 19.2 Å². The van der Waals surface area contributed by atoms with E-state index in [0.29, 0.717) is 52.6 Å². The van der Waals surface area contributed by atoms with Crippen LogP contribution in [-0.2, 0) is 19.2 Å². The van der Waals surface area contributed by atoms with E-state index in [0.717, 1.165) is 90.2 Å². The predicted octanol–water partition coefficient (Wildman–Crippen LogP) is 9.54. The molecular formula is C56H65ClN12O6. The molecule has 2 fully saturated rings. The topological polar surface area (TPSA) is 212 Å². The van der Waals surface area contributed by atoms with Gasteiger partial charge in [-0.25, -0.2) is 9.97 Å². The van der Waals surface area contributed by atoms with Gasteiger partial charge in [0.1, 0.15) is 22.5 Å². The van der Waals surface area contributed by atoms with Crippen LogP contribution in [0.4, 0.5) is 62.7 Å². The lowest BCUT2D eigenvalue weighted by Gasteiger charge is -2.35. The number of pyridine rings is 2. The van der Waals surface area contributed by atoms with Crippen molar-refractivity contribution in [2.75, 3.05) is 109 Å². The van der Waals surface area contributed by atoms with Crippen molar-refractivity contribution in [3.05, 3.63) is 151 Å². The van der Waals surface area contributed by atoms with E-state index in [1.165, 1.54) is 12.2 Å². The first-order valence-electron chi connectivity index (χ1n) is 24.2. The number of benzene rings is 4. The van der Waals surface area contributed by atoms with Gasteiger partial charge in [-0.15, -0.1) is 0 Å². The van der Waals surface area contributed by atoms with Crippen LogP contribution in [0.5, 0.6) is 11.5 Å². The van der Waals surface area contributed by atoms with Crippen molar-refractivity contribution >= 4 is 97.9 Å². The Labute approximate surface area is 443 Å². The number of piperazine rings is 2. The number of nitrogens with zero attached hydrogens (tertiary/aromatic N) is 6. The molecular weight excluding hydrogens is 972 g/mol. The van der Waals surface area contributed by atoms with Gasteiger partial charge in [0.25, 0.3) is 0 Å². The largest absolute Gasteiger partial charge is 0.495 e. The number of ether oxygens (including phenoxy) is 2. The maximum atomic E-state index is 11.6. The van der Waals surface area contributed by atoms with Crippen molar-refractivity contribution < 1.29 is 28.7 Å². The highest BCUT2D eigenvalue weighted by Gasteiger charge is 2.21. The van der Waals surface area contributed by atoms with Crippen LogP contribution in [0.15, 0.2) is 135 Å². The first kappa shape index (κ1) is 55.5. The molecule has 0 radical (unpaired) electrons. The Morgan fingerprint density at radius 2 is 1.03 bits per heavy atom. The van der Waals surface area contributed by atoms with Gasteiger partial charge >= 0.3 is 0 Å². The maximum absolute atomic E-state index is 11.6. The molecule has 19 heteroatoms. The lowest BCUT2D eigenvalue weighted by atomic mass is 10.2. The summed E-state index contributed by atoms with van der Waals surface area (Å²) in [5.74, 6) is 1.81. The molecule has 0 bridgehead atoms. The van der Waals surface area contributed by atoms with Gasteiger partial charge in [0, 0.05) is 142 Å².